The van der Waals surface area contributed by atoms with Crippen LogP contribution in [0.15, 0.2) is 46.6 Å². The standard InChI is InChI=1S/C52H61NO3/c1-55-29-5-3-2-4-26(29)51-52-17-25-15-23-13-20-10-19-11-22-12-21-14-24-16-27(28(52)18-53(51)6-8-56-9-7-54)37-42-33(24)32(21)39-34(22)38-30(19)31(20)40-35(23)41-36(25)50(52)49(37)48-46(41)44(40)43(38)45(39)47(42)48/h2-5,19-23,25,28,30-32,34-36,38-51,54H,6-18H2,1H3. The molecule has 4 nitrogen and oxygen atoms in total. The van der Waals surface area contributed by atoms with Crippen molar-refractivity contribution in [1.82, 2.24) is 4.90 Å². The third kappa shape index (κ3) is 2.75. The van der Waals surface area contributed by atoms with Crippen molar-refractivity contribution >= 4 is 0 Å². The van der Waals surface area contributed by atoms with E-state index in [9.17, 15) is 5.11 Å². The SMILES string of the molecule is COc1ccccc1C1N(CCOCCO)CC2C3=C4C5C6=C(C3)CC3CC7CC8CC9CC%10CC%11CC21C1C4C2C5C4C(C63)C7C3C8C9C5C%10C(C2C5C34)C%111. The number of rotatable bonds is 7. The van der Waals surface area contributed by atoms with E-state index in [1.165, 1.54) is 31.4 Å². The van der Waals surface area contributed by atoms with Gasteiger partial charge in [0.2, 0.25) is 0 Å². The quantitative estimate of drug-likeness (QED) is 0.227. The molecule has 1 heterocycles. The Morgan fingerprint density at radius 1 is 0.679 bits per heavy atom. The molecule has 0 aromatic heterocycles. The number of likely N-dealkylation sites (tertiary alicyclic amines) is 1. The van der Waals surface area contributed by atoms with E-state index in [0.29, 0.717) is 24.0 Å². The van der Waals surface area contributed by atoms with Crippen LogP contribution in [-0.2, 0) is 4.74 Å². The second kappa shape index (κ2) is 9.32. The summed E-state index contributed by atoms with van der Waals surface area (Å²) in [5.74, 6) is 28.3. The lowest BCUT2D eigenvalue weighted by molar-refractivity contribution is -0.149. The maximum atomic E-state index is 9.72. The van der Waals surface area contributed by atoms with E-state index in [4.69, 9.17) is 9.47 Å². The van der Waals surface area contributed by atoms with E-state index < -0.39 is 0 Å². The number of nitrogens with zero attached hydrogens (tertiary/aromatic N) is 1. The fraction of sp³-hybridized carbons (Fsp3) is 0.808. The van der Waals surface area contributed by atoms with Gasteiger partial charge in [-0.2, -0.15) is 0 Å². The number of para-hydroxylation sites is 1. The molecule has 292 valence electrons. The maximum Gasteiger partial charge on any atom is 0.123 e. The molecular weight excluding hydrogens is 687 g/mol. The second-order valence-corrected chi connectivity index (χ2v) is 24.7. The second-order valence-electron chi connectivity index (χ2n) is 24.7. The van der Waals surface area contributed by atoms with Crippen molar-refractivity contribution in [2.45, 2.75) is 57.4 Å². The largest absolute Gasteiger partial charge is 0.496 e. The molecule has 17 aliphatic rings. The zero-order chi connectivity index (χ0) is 35.6. The predicted octanol–water partition coefficient (Wildman–Crippen LogP) is 8.00. The topological polar surface area (TPSA) is 41.9 Å². The number of allylic oxidation sites excluding steroid dienone is 3. The van der Waals surface area contributed by atoms with Crippen molar-refractivity contribution in [3.05, 3.63) is 52.1 Å². The fourth-order valence-electron chi connectivity index (χ4n) is 26.4. The number of aliphatic hydroxyl groups is 1. The van der Waals surface area contributed by atoms with Gasteiger partial charge < -0.3 is 14.6 Å². The number of hydrogen-bond donors (Lipinski definition) is 1. The van der Waals surface area contributed by atoms with Crippen LogP contribution in [-0.4, -0.2) is 50.0 Å². The summed E-state index contributed by atoms with van der Waals surface area (Å²) in [7, 11) is 1.95. The molecular formula is C52H61NO3. The molecule has 0 amide bonds. The molecule has 16 aliphatic carbocycles. The zero-order valence-corrected chi connectivity index (χ0v) is 33.3. The van der Waals surface area contributed by atoms with Gasteiger partial charge in [0, 0.05) is 41.9 Å². The van der Waals surface area contributed by atoms with Crippen LogP contribution in [0.4, 0.5) is 0 Å². The lowest BCUT2D eigenvalue weighted by Gasteiger charge is -2.62. The van der Waals surface area contributed by atoms with Crippen molar-refractivity contribution in [3.8, 4) is 5.75 Å². The van der Waals surface area contributed by atoms with Gasteiger partial charge in [-0.25, -0.2) is 0 Å². The number of hydrogen-bond acceptors (Lipinski definition) is 4. The Morgan fingerprint density at radius 3 is 2.11 bits per heavy atom. The van der Waals surface area contributed by atoms with Crippen LogP contribution in [0.2, 0.25) is 0 Å². The first-order chi connectivity index (χ1) is 27.7. The van der Waals surface area contributed by atoms with Gasteiger partial charge in [0.15, 0.2) is 0 Å². The molecule has 56 heavy (non-hydrogen) atoms. The first-order valence-electron chi connectivity index (χ1n) is 24.7. The molecule has 1 aromatic rings. The van der Waals surface area contributed by atoms with Crippen LogP contribution in [0, 0.1) is 159 Å². The molecule has 1 N–H and O–H groups in total. The fourth-order valence-corrected chi connectivity index (χ4v) is 26.4. The third-order valence-corrected chi connectivity index (χ3v) is 25.1. The van der Waals surface area contributed by atoms with Gasteiger partial charge in [-0.15, -0.1) is 0 Å². The molecule has 1 spiro atoms. The van der Waals surface area contributed by atoms with Crippen LogP contribution >= 0.6 is 0 Å². The molecule has 0 radical (unpaired) electrons. The Bertz CT molecular complexity index is 2140. The van der Waals surface area contributed by atoms with E-state index in [0.717, 1.165) is 167 Å². The van der Waals surface area contributed by atoms with E-state index in [1.807, 2.05) is 7.11 Å². The van der Waals surface area contributed by atoms with Crippen LogP contribution in [0.25, 0.3) is 0 Å². The number of methoxy groups -OCH3 is 1. The average Bonchev–Trinajstić information content (AvgIpc) is 4.07. The highest BCUT2D eigenvalue weighted by Crippen LogP contribution is 2.93. The summed E-state index contributed by atoms with van der Waals surface area (Å²) in [6, 6.07) is 9.80. The monoisotopic (exact) mass is 747 g/mol. The van der Waals surface area contributed by atoms with Gasteiger partial charge in [0.1, 0.15) is 5.75 Å². The van der Waals surface area contributed by atoms with Gasteiger partial charge in [-0.05, 0) is 199 Å². The summed E-state index contributed by atoms with van der Waals surface area (Å²) in [4.78, 5) is 2.98. The molecule has 18 rings (SSSR count). The molecule has 1 aromatic carbocycles. The lowest BCUT2D eigenvalue weighted by atomic mass is 9.41. The Hall–Kier alpha value is -1.62. The molecule has 0 bridgehead atoms. The number of benzene rings is 1. The maximum absolute atomic E-state index is 9.72. The Labute approximate surface area is 333 Å². The van der Waals surface area contributed by atoms with Crippen molar-refractivity contribution in [3.63, 3.8) is 0 Å². The van der Waals surface area contributed by atoms with Crippen molar-refractivity contribution < 1.29 is 14.6 Å². The summed E-state index contributed by atoms with van der Waals surface area (Å²) in [6.07, 6.45) is 12.6. The molecule has 1 saturated heterocycles. The highest BCUT2D eigenvalue weighted by molar-refractivity contribution is 5.57. The smallest absolute Gasteiger partial charge is 0.123 e. The molecule has 28 atom stereocenters. The lowest BCUT2D eigenvalue weighted by Crippen LogP contribution is -2.59. The summed E-state index contributed by atoms with van der Waals surface area (Å²) in [5.41, 5.74) is 10.3. The van der Waals surface area contributed by atoms with E-state index >= 15 is 0 Å². The Balaban J connectivity index is 0.930. The molecule has 28 unspecified atom stereocenters. The van der Waals surface area contributed by atoms with Gasteiger partial charge in [0.05, 0.1) is 26.9 Å². The van der Waals surface area contributed by atoms with E-state index in [-0.39, 0.29) is 6.61 Å². The number of ether oxygens (including phenoxy) is 2. The van der Waals surface area contributed by atoms with Crippen molar-refractivity contribution in [2.24, 2.45) is 159 Å². The zero-order valence-electron chi connectivity index (χ0n) is 33.3. The minimum Gasteiger partial charge on any atom is -0.496 e. The number of fused-ring (bicyclic) bond motifs is 1. The molecule has 4 heteroatoms. The Kier molecular flexibility index (Phi) is 5.06. The minimum absolute atomic E-state index is 0.121. The summed E-state index contributed by atoms with van der Waals surface area (Å²) >= 11 is 0. The summed E-state index contributed by atoms with van der Waals surface area (Å²) < 4.78 is 12.6. The van der Waals surface area contributed by atoms with Gasteiger partial charge in [0.25, 0.3) is 0 Å². The molecule has 13 saturated carbocycles. The van der Waals surface area contributed by atoms with Crippen molar-refractivity contribution in [2.75, 3.05) is 40.0 Å². The summed E-state index contributed by atoms with van der Waals surface area (Å²) in [6.45, 7) is 3.51. The normalized spacial score (nSPS) is 65.4. The van der Waals surface area contributed by atoms with Gasteiger partial charge >= 0.3 is 0 Å². The first-order valence-corrected chi connectivity index (χ1v) is 24.7. The first kappa shape index (κ1) is 30.4. The van der Waals surface area contributed by atoms with Gasteiger partial charge in [-0.3, -0.25) is 4.90 Å². The number of aliphatic hydroxyl groups excluding tert-OH is 1. The highest BCUT2D eigenvalue weighted by Gasteiger charge is 2.88. The minimum atomic E-state index is 0.121. The predicted molar refractivity (Wildman–Crippen MR) is 209 cm³/mol. The molecule has 1 aliphatic heterocycles. The highest BCUT2D eigenvalue weighted by atomic mass is 16.5. The Morgan fingerprint density at radius 2 is 1.32 bits per heavy atom. The van der Waals surface area contributed by atoms with Crippen LogP contribution < -0.4 is 4.74 Å². The van der Waals surface area contributed by atoms with Crippen LogP contribution in [0.3, 0.4) is 0 Å². The van der Waals surface area contributed by atoms with Gasteiger partial charge in [-0.1, -0.05) is 40.5 Å². The van der Waals surface area contributed by atoms with Crippen LogP contribution in [0.1, 0.15) is 63.0 Å². The summed E-state index contributed by atoms with van der Waals surface area (Å²) in [5, 5.41) is 9.72. The molecule has 14 fully saturated rings. The van der Waals surface area contributed by atoms with Crippen LogP contribution in [0.5, 0.6) is 5.75 Å². The van der Waals surface area contributed by atoms with Crippen molar-refractivity contribution in [1.29, 1.82) is 0 Å². The van der Waals surface area contributed by atoms with E-state index in [2.05, 4.69) is 51.5 Å². The third-order valence-electron chi connectivity index (χ3n) is 25.1. The van der Waals surface area contributed by atoms with E-state index in [1.54, 1.807) is 32.1 Å². The average molecular weight is 748 g/mol.